The summed E-state index contributed by atoms with van der Waals surface area (Å²) in [6.45, 7) is 2.44. The molecule has 164 valence electrons. The number of nitrogens with zero attached hydrogens (tertiary/aromatic N) is 7. The van der Waals surface area contributed by atoms with Crippen molar-refractivity contribution >= 4 is 23.5 Å². The Kier molecular flexibility index (Phi) is 5.41. The summed E-state index contributed by atoms with van der Waals surface area (Å²) in [5.74, 6) is 0.438. The zero-order valence-corrected chi connectivity index (χ0v) is 17.6. The molecular weight excluding hydrogens is 410 g/mol. The fraction of sp³-hybridized carbons (Fsp3) is 0.455. The number of pyridine rings is 1. The van der Waals surface area contributed by atoms with Gasteiger partial charge in [-0.2, -0.15) is 5.26 Å². The number of hydrogen-bond donors (Lipinski definition) is 0. The van der Waals surface area contributed by atoms with Gasteiger partial charge in [-0.1, -0.05) is 0 Å². The van der Waals surface area contributed by atoms with Crippen molar-refractivity contribution in [3.8, 4) is 6.07 Å². The van der Waals surface area contributed by atoms with Crippen molar-refractivity contribution in [1.82, 2.24) is 20.0 Å². The van der Waals surface area contributed by atoms with E-state index in [0.717, 1.165) is 11.3 Å². The summed E-state index contributed by atoms with van der Waals surface area (Å²) < 4.78 is 0. The van der Waals surface area contributed by atoms with E-state index in [1.807, 2.05) is 17.0 Å². The van der Waals surface area contributed by atoms with Crippen LogP contribution in [0.2, 0.25) is 0 Å². The number of aromatic nitrogens is 3. The van der Waals surface area contributed by atoms with Crippen LogP contribution in [0.5, 0.6) is 0 Å². The maximum Gasteiger partial charge on any atom is 0.249 e. The fourth-order valence-corrected chi connectivity index (χ4v) is 4.42. The first-order chi connectivity index (χ1) is 15.6. The molecule has 3 aliphatic heterocycles. The molecule has 2 aromatic rings. The van der Waals surface area contributed by atoms with Gasteiger partial charge in [0.25, 0.3) is 0 Å². The van der Waals surface area contributed by atoms with E-state index in [2.05, 4.69) is 15.0 Å². The van der Waals surface area contributed by atoms with Gasteiger partial charge in [0.1, 0.15) is 11.8 Å². The van der Waals surface area contributed by atoms with E-state index in [1.54, 1.807) is 29.6 Å². The standard InChI is InChI=1S/C22H23N7O3/c23-12-17-1-6-25-22(26-17)27-7-2-15(3-8-27)21(31)29-19(5-10-32-29)16-11-18(14-24-13-16)28-9-4-20(28)30/h1,6,11,13-15,19H,2-5,7-10H2/t19-/m0/s1. The maximum absolute atomic E-state index is 13.3. The van der Waals surface area contributed by atoms with Crippen molar-refractivity contribution < 1.29 is 14.4 Å². The summed E-state index contributed by atoms with van der Waals surface area (Å²) >= 11 is 0. The smallest absolute Gasteiger partial charge is 0.249 e. The molecule has 32 heavy (non-hydrogen) atoms. The molecule has 0 spiro atoms. The Balaban J connectivity index is 1.25. The summed E-state index contributed by atoms with van der Waals surface area (Å²) in [5, 5.41) is 10.6. The first-order valence-corrected chi connectivity index (χ1v) is 10.8. The second kappa shape index (κ2) is 8.51. The van der Waals surface area contributed by atoms with Crippen LogP contribution in [-0.4, -0.2) is 58.1 Å². The number of nitriles is 1. The van der Waals surface area contributed by atoms with Crippen LogP contribution in [0.1, 0.15) is 43.0 Å². The third kappa shape index (κ3) is 3.76. The van der Waals surface area contributed by atoms with Crippen LogP contribution in [-0.2, 0) is 14.4 Å². The van der Waals surface area contributed by atoms with Crippen molar-refractivity contribution in [2.75, 3.05) is 36.0 Å². The molecule has 3 fully saturated rings. The monoisotopic (exact) mass is 433 g/mol. The molecule has 0 aliphatic carbocycles. The average molecular weight is 433 g/mol. The molecule has 10 heteroatoms. The minimum absolute atomic E-state index is 0.0238. The van der Waals surface area contributed by atoms with Gasteiger partial charge >= 0.3 is 0 Å². The highest BCUT2D eigenvalue weighted by molar-refractivity contribution is 5.99. The fourth-order valence-electron chi connectivity index (χ4n) is 4.42. The van der Waals surface area contributed by atoms with E-state index < -0.39 is 0 Å². The molecule has 3 aliphatic rings. The molecule has 2 amide bonds. The Labute approximate surface area is 185 Å². The van der Waals surface area contributed by atoms with Crippen LogP contribution in [0.4, 0.5) is 11.6 Å². The lowest BCUT2D eigenvalue weighted by atomic mass is 9.95. The molecule has 0 bridgehead atoms. The third-order valence-corrected chi connectivity index (χ3v) is 6.30. The van der Waals surface area contributed by atoms with E-state index in [4.69, 9.17) is 10.1 Å². The Morgan fingerprint density at radius 3 is 2.75 bits per heavy atom. The molecule has 10 nitrogen and oxygen atoms in total. The minimum atomic E-state index is -0.208. The first-order valence-electron chi connectivity index (χ1n) is 10.8. The van der Waals surface area contributed by atoms with E-state index in [9.17, 15) is 9.59 Å². The molecule has 0 saturated carbocycles. The van der Waals surface area contributed by atoms with Gasteiger partial charge in [0, 0.05) is 50.8 Å². The maximum atomic E-state index is 13.3. The Morgan fingerprint density at radius 2 is 2.03 bits per heavy atom. The first kappa shape index (κ1) is 20.3. The second-order valence-electron chi connectivity index (χ2n) is 8.19. The number of carbonyl (C=O) groups excluding carboxylic acids is 2. The van der Waals surface area contributed by atoms with Crippen LogP contribution >= 0.6 is 0 Å². The summed E-state index contributed by atoms with van der Waals surface area (Å²) in [5.41, 5.74) is 1.98. The van der Waals surface area contributed by atoms with Crippen LogP contribution in [0, 0.1) is 17.2 Å². The molecule has 0 N–H and O–H groups in total. The molecule has 0 radical (unpaired) electrons. The van der Waals surface area contributed by atoms with Crippen LogP contribution in [0.3, 0.4) is 0 Å². The van der Waals surface area contributed by atoms with Crippen molar-refractivity contribution in [2.24, 2.45) is 5.92 Å². The Morgan fingerprint density at radius 1 is 1.19 bits per heavy atom. The molecule has 3 saturated heterocycles. The average Bonchev–Trinajstić information content (AvgIpc) is 3.33. The number of anilines is 2. The predicted octanol–water partition coefficient (Wildman–Crippen LogP) is 1.60. The zero-order chi connectivity index (χ0) is 22.1. The van der Waals surface area contributed by atoms with Gasteiger partial charge in [-0.05, 0) is 30.5 Å². The van der Waals surface area contributed by atoms with Gasteiger partial charge in [-0.25, -0.2) is 15.0 Å². The van der Waals surface area contributed by atoms with Gasteiger partial charge in [0.15, 0.2) is 0 Å². The molecule has 5 rings (SSSR count). The quantitative estimate of drug-likeness (QED) is 0.668. The highest BCUT2D eigenvalue weighted by atomic mass is 16.7. The lowest BCUT2D eigenvalue weighted by Gasteiger charge is -2.34. The number of hydrogen-bond acceptors (Lipinski definition) is 8. The predicted molar refractivity (Wildman–Crippen MR) is 113 cm³/mol. The molecule has 0 unspecified atom stereocenters. The van der Waals surface area contributed by atoms with E-state index in [1.165, 1.54) is 5.06 Å². The molecule has 5 heterocycles. The largest absolute Gasteiger partial charge is 0.341 e. The third-order valence-electron chi connectivity index (χ3n) is 6.30. The van der Waals surface area contributed by atoms with Crippen LogP contribution in [0.15, 0.2) is 30.7 Å². The van der Waals surface area contributed by atoms with Gasteiger partial charge in [-0.15, -0.1) is 0 Å². The molecule has 1 atom stereocenters. The number of hydroxylamine groups is 2. The highest BCUT2D eigenvalue weighted by Crippen LogP contribution is 2.35. The SMILES string of the molecule is N#Cc1ccnc(N2CCC(C(=O)N3OCC[C@H]3c3cncc(N4CCC4=O)c3)CC2)n1. The van der Waals surface area contributed by atoms with Crippen molar-refractivity contribution in [2.45, 2.75) is 31.7 Å². The van der Waals surface area contributed by atoms with E-state index >= 15 is 0 Å². The summed E-state index contributed by atoms with van der Waals surface area (Å²) in [6, 6.07) is 5.33. The lowest BCUT2D eigenvalue weighted by molar-refractivity contribution is -0.182. The highest BCUT2D eigenvalue weighted by Gasteiger charge is 2.38. The lowest BCUT2D eigenvalue weighted by Crippen LogP contribution is -2.43. The number of rotatable bonds is 4. The second-order valence-corrected chi connectivity index (χ2v) is 8.19. The van der Waals surface area contributed by atoms with Gasteiger partial charge in [0.2, 0.25) is 17.8 Å². The number of carbonyl (C=O) groups is 2. The van der Waals surface area contributed by atoms with E-state index in [0.29, 0.717) is 63.6 Å². The summed E-state index contributed by atoms with van der Waals surface area (Å²) in [6.07, 6.45) is 7.58. The molecule has 2 aromatic heterocycles. The van der Waals surface area contributed by atoms with Crippen molar-refractivity contribution in [3.63, 3.8) is 0 Å². The van der Waals surface area contributed by atoms with Gasteiger partial charge < -0.3 is 9.80 Å². The Hall–Kier alpha value is -3.58. The van der Waals surface area contributed by atoms with Crippen LogP contribution in [0.25, 0.3) is 0 Å². The number of amides is 2. The topological polar surface area (TPSA) is 116 Å². The van der Waals surface area contributed by atoms with Crippen molar-refractivity contribution in [1.29, 1.82) is 5.26 Å². The normalized spacial score (nSPS) is 21.4. The Bertz CT molecular complexity index is 1080. The summed E-state index contributed by atoms with van der Waals surface area (Å²) in [4.78, 5) is 47.3. The van der Waals surface area contributed by atoms with Crippen molar-refractivity contribution in [3.05, 3.63) is 42.0 Å². The molecular formula is C22H23N7O3. The zero-order valence-electron chi connectivity index (χ0n) is 17.6. The van der Waals surface area contributed by atoms with Gasteiger partial charge in [-0.3, -0.25) is 19.4 Å². The number of β-lactam (4-membered cyclic amide) rings is 1. The summed E-state index contributed by atoms with van der Waals surface area (Å²) in [7, 11) is 0. The van der Waals surface area contributed by atoms with Gasteiger partial charge in [0.05, 0.1) is 24.5 Å². The number of piperidine rings is 1. The molecule has 0 aromatic carbocycles. The minimum Gasteiger partial charge on any atom is -0.341 e. The van der Waals surface area contributed by atoms with E-state index in [-0.39, 0.29) is 23.8 Å². The van der Waals surface area contributed by atoms with Crippen LogP contribution < -0.4 is 9.80 Å².